The Bertz CT molecular complexity index is 379. The number of aryl methyl sites for hydroxylation is 2. The molecule has 0 aromatic carbocycles. The Kier molecular flexibility index (Phi) is 5.01. The summed E-state index contributed by atoms with van der Waals surface area (Å²) >= 11 is 1.77. The van der Waals surface area contributed by atoms with Crippen molar-refractivity contribution in [3.8, 4) is 0 Å². The highest BCUT2D eigenvalue weighted by Gasteiger charge is 2.19. The molecule has 1 aromatic heterocycles. The van der Waals surface area contributed by atoms with Crippen LogP contribution >= 0.6 is 11.8 Å². The van der Waals surface area contributed by atoms with Gasteiger partial charge in [-0.2, -0.15) is 11.8 Å². The molecular weight excluding hydrogens is 242 g/mol. The van der Waals surface area contributed by atoms with Crippen molar-refractivity contribution in [1.82, 2.24) is 15.3 Å². The average Bonchev–Trinajstić information content (AvgIpc) is 3.11. The van der Waals surface area contributed by atoms with E-state index in [1.165, 1.54) is 24.8 Å². The molecule has 18 heavy (non-hydrogen) atoms. The minimum Gasteiger partial charge on any atom is -0.314 e. The minimum absolute atomic E-state index is 0.812. The number of thioether (sulfide) groups is 1. The highest BCUT2D eigenvalue weighted by molar-refractivity contribution is 7.97. The molecule has 3 nitrogen and oxygen atoms in total. The van der Waals surface area contributed by atoms with E-state index in [1.54, 1.807) is 11.8 Å². The van der Waals surface area contributed by atoms with Gasteiger partial charge in [0.15, 0.2) is 0 Å². The van der Waals surface area contributed by atoms with Gasteiger partial charge in [-0.1, -0.05) is 0 Å². The maximum absolute atomic E-state index is 4.60. The zero-order valence-electron chi connectivity index (χ0n) is 11.6. The van der Waals surface area contributed by atoms with E-state index in [0.29, 0.717) is 0 Å². The van der Waals surface area contributed by atoms with Crippen molar-refractivity contribution in [3.63, 3.8) is 0 Å². The Morgan fingerprint density at radius 2 is 1.89 bits per heavy atom. The summed E-state index contributed by atoms with van der Waals surface area (Å²) in [6.07, 6.45) is 7.10. The Morgan fingerprint density at radius 3 is 2.44 bits per heavy atom. The zero-order valence-corrected chi connectivity index (χ0v) is 12.4. The largest absolute Gasteiger partial charge is 0.314 e. The number of nitrogens with one attached hydrogen (secondary N) is 1. The van der Waals surface area contributed by atoms with Crippen LogP contribution < -0.4 is 5.32 Å². The summed E-state index contributed by atoms with van der Waals surface area (Å²) in [6, 6.07) is 0.812. The molecular formula is C14H23N3S. The Labute approximate surface area is 114 Å². The first-order valence-corrected chi connectivity index (χ1v) is 8.15. The van der Waals surface area contributed by atoms with Gasteiger partial charge in [0.25, 0.3) is 0 Å². The van der Waals surface area contributed by atoms with Gasteiger partial charge in [-0.15, -0.1) is 0 Å². The Hall–Kier alpha value is -0.610. The molecule has 0 saturated heterocycles. The molecule has 100 valence electrons. The summed E-state index contributed by atoms with van der Waals surface area (Å²) in [6.45, 7) is 5.35. The van der Waals surface area contributed by atoms with Crippen LogP contribution in [0.5, 0.6) is 0 Å². The first kappa shape index (κ1) is 13.8. The third-order valence-corrected chi connectivity index (χ3v) is 3.90. The molecule has 0 radical (unpaired) electrons. The second-order valence-electron chi connectivity index (χ2n) is 5.05. The molecule has 2 rings (SSSR count). The van der Waals surface area contributed by atoms with Gasteiger partial charge in [-0.25, -0.2) is 9.97 Å². The minimum atomic E-state index is 0.812. The molecule has 0 amide bonds. The fourth-order valence-corrected chi connectivity index (χ4v) is 2.61. The number of hydrogen-bond acceptors (Lipinski definition) is 4. The van der Waals surface area contributed by atoms with Crippen LogP contribution in [-0.4, -0.2) is 28.8 Å². The Balaban J connectivity index is 1.89. The standard InChI is InChI=1S/C14H23N3S/c1-10-13(5-4-8-15-12-6-7-12)11(2)17-14(16-10)9-18-3/h12,15H,4-9H2,1-3H3. The lowest BCUT2D eigenvalue weighted by atomic mass is 10.1. The van der Waals surface area contributed by atoms with E-state index in [-0.39, 0.29) is 0 Å². The van der Waals surface area contributed by atoms with Crippen LogP contribution in [0.25, 0.3) is 0 Å². The normalized spacial score (nSPS) is 15.1. The lowest BCUT2D eigenvalue weighted by Crippen LogP contribution is -2.18. The predicted octanol–water partition coefficient (Wildman–Crippen LogP) is 2.64. The Morgan fingerprint density at radius 1 is 1.22 bits per heavy atom. The maximum atomic E-state index is 4.60. The van der Waals surface area contributed by atoms with Gasteiger partial charge < -0.3 is 5.32 Å². The van der Waals surface area contributed by atoms with Crippen molar-refractivity contribution >= 4 is 11.8 Å². The molecule has 1 saturated carbocycles. The van der Waals surface area contributed by atoms with E-state index in [9.17, 15) is 0 Å². The molecule has 0 atom stereocenters. The number of hydrogen-bond donors (Lipinski definition) is 1. The van der Waals surface area contributed by atoms with Crippen LogP contribution in [0, 0.1) is 13.8 Å². The van der Waals surface area contributed by atoms with E-state index in [1.807, 2.05) is 0 Å². The van der Waals surface area contributed by atoms with Crippen LogP contribution in [0.1, 0.15) is 42.0 Å². The molecule has 0 bridgehead atoms. The van der Waals surface area contributed by atoms with Crippen molar-refractivity contribution in [2.24, 2.45) is 0 Å². The third kappa shape index (κ3) is 3.95. The number of nitrogens with zero attached hydrogens (tertiary/aromatic N) is 2. The summed E-state index contributed by atoms with van der Waals surface area (Å²) in [5.74, 6) is 1.88. The van der Waals surface area contributed by atoms with E-state index in [0.717, 1.165) is 42.0 Å². The average molecular weight is 265 g/mol. The monoisotopic (exact) mass is 265 g/mol. The molecule has 0 aliphatic heterocycles. The van der Waals surface area contributed by atoms with Crippen molar-refractivity contribution < 1.29 is 0 Å². The summed E-state index contributed by atoms with van der Waals surface area (Å²) in [7, 11) is 0. The van der Waals surface area contributed by atoms with Crippen LogP contribution in [-0.2, 0) is 12.2 Å². The summed E-state index contributed by atoms with van der Waals surface area (Å²) in [5.41, 5.74) is 3.67. The SMILES string of the molecule is CSCc1nc(C)c(CCCNC2CC2)c(C)n1. The fourth-order valence-electron chi connectivity index (χ4n) is 2.22. The second kappa shape index (κ2) is 6.53. The van der Waals surface area contributed by atoms with Gasteiger partial charge >= 0.3 is 0 Å². The van der Waals surface area contributed by atoms with Gasteiger partial charge in [0, 0.05) is 17.4 Å². The maximum Gasteiger partial charge on any atom is 0.138 e. The summed E-state index contributed by atoms with van der Waals surface area (Å²) in [5, 5.41) is 3.55. The van der Waals surface area contributed by atoms with Crippen molar-refractivity contribution in [3.05, 3.63) is 22.8 Å². The van der Waals surface area contributed by atoms with Crippen LogP contribution in [0.4, 0.5) is 0 Å². The van der Waals surface area contributed by atoms with Gasteiger partial charge in [0.1, 0.15) is 5.82 Å². The molecule has 4 heteroatoms. The highest BCUT2D eigenvalue weighted by atomic mass is 32.2. The van der Waals surface area contributed by atoms with Crippen molar-refractivity contribution in [2.75, 3.05) is 12.8 Å². The van der Waals surface area contributed by atoms with E-state index in [4.69, 9.17) is 0 Å². The molecule has 0 unspecified atom stereocenters. The van der Waals surface area contributed by atoms with Gasteiger partial charge in [0.05, 0.1) is 5.75 Å². The fraction of sp³-hybridized carbons (Fsp3) is 0.714. The molecule has 1 heterocycles. The lowest BCUT2D eigenvalue weighted by Gasteiger charge is -2.10. The summed E-state index contributed by atoms with van der Waals surface area (Å²) in [4.78, 5) is 9.20. The quantitative estimate of drug-likeness (QED) is 0.769. The van der Waals surface area contributed by atoms with Crippen molar-refractivity contribution in [2.45, 2.75) is 51.3 Å². The molecule has 1 aliphatic carbocycles. The smallest absolute Gasteiger partial charge is 0.138 e. The predicted molar refractivity (Wildman–Crippen MR) is 78.1 cm³/mol. The van der Waals surface area contributed by atoms with Gasteiger partial charge in [-0.3, -0.25) is 0 Å². The number of rotatable bonds is 7. The molecule has 1 aromatic rings. The molecule has 1 fully saturated rings. The second-order valence-corrected chi connectivity index (χ2v) is 5.92. The highest BCUT2D eigenvalue weighted by Crippen LogP contribution is 2.19. The topological polar surface area (TPSA) is 37.8 Å². The van der Waals surface area contributed by atoms with Crippen molar-refractivity contribution in [1.29, 1.82) is 0 Å². The van der Waals surface area contributed by atoms with E-state index < -0.39 is 0 Å². The number of aromatic nitrogens is 2. The van der Waals surface area contributed by atoms with Crippen LogP contribution in [0.2, 0.25) is 0 Å². The van der Waals surface area contributed by atoms with Crippen LogP contribution in [0.3, 0.4) is 0 Å². The van der Waals surface area contributed by atoms with E-state index >= 15 is 0 Å². The molecule has 1 N–H and O–H groups in total. The first-order chi connectivity index (χ1) is 8.70. The summed E-state index contributed by atoms with van der Waals surface area (Å²) < 4.78 is 0. The zero-order chi connectivity index (χ0) is 13.0. The molecule has 1 aliphatic rings. The van der Waals surface area contributed by atoms with E-state index in [2.05, 4.69) is 35.4 Å². The third-order valence-electron chi connectivity index (χ3n) is 3.35. The van der Waals surface area contributed by atoms with Gasteiger partial charge in [-0.05, 0) is 57.9 Å². The van der Waals surface area contributed by atoms with Crippen LogP contribution in [0.15, 0.2) is 0 Å². The first-order valence-electron chi connectivity index (χ1n) is 6.76. The molecule has 0 spiro atoms. The van der Waals surface area contributed by atoms with Gasteiger partial charge in [0.2, 0.25) is 0 Å². The lowest BCUT2D eigenvalue weighted by molar-refractivity contribution is 0.641.